The van der Waals surface area contributed by atoms with E-state index in [1.807, 2.05) is 11.0 Å². The normalized spacial score (nSPS) is 24.6. The zero-order valence-electron chi connectivity index (χ0n) is 17.8. The highest BCUT2D eigenvalue weighted by atomic mass is 19.1. The minimum absolute atomic E-state index is 0.0397. The van der Waals surface area contributed by atoms with Crippen LogP contribution in [0.15, 0.2) is 36.4 Å². The van der Waals surface area contributed by atoms with Crippen molar-refractivity contribution < 1.29 is 22.7 Å². The molecule has 2 fully saturated rings. The molecular formula is C24H27F3N2O2. The number of ether oxygens (including phenoxy) is 1. The minimum atomic E-state index is -1.19. The Bertz CT molecular complexity index is 968. The zero-order valence-corrected chi connectivity index (χ0v) is 17.8. The van der Waals surface area contributed by atoms with E-state index in [1.165, 1.54) is 25.3 Å². The molecule has 0 aliphatic carbocycles. The van der Waals surface area contributed by atoms with E-state index in [2.05, 4.69) is 0 Å². The fraction of sp³-hybridized carbons (Fsp3) is 0.458. The van der Waals surface area contributed by atoms with Crippen LogP contribution in [-0.4, -0.2) is 54.7 Å². The lowest BCUT2D eigenvalue weighted by Gasteiger charge is -2.37. The van der Waals surface area contributed by atoms with Crippen LogP contribution in [0.5, 0.6) is 5.75 Å². The number of rotatable bonds is 5. The Balaban J connectivity index is 1.38. The van der Waals surface area contributed by atoms with Gasteiger partial charge in [-0.05, 0) is 61.2 Å². The molecule has 0 radical (unpaired) electrons. The van der Waals surface area contributed by atoms with Crippen molar-refractivity contribution in [1.82, 2.24) is 9.80 Å². The van der Waals surface area contributed by atoms with E-state index < -0.39 is 17.9 Å². The highest BCUT2D eigenvalue weighted by Crippen LogP contribution is 2.34. The van der Waals surface area contributed by atoms with Crippen LogP contribution in [0.1, 0.15) is 35.4 Å². The topological polar surface area (TPSA) is 32.8 Å². The van der Waals surface area contributed by atoms with Gasteiger partial charge in [0.1, 0.15) is 12.0 Å². The van der Waals surface area contributed by atoms with Crippen molar-refractivity contribution in [2.24, 2.45) is 0 Å². The van der Waals surface area contributed by atoms with Crippen LogP contribution >= 0.6 is 0 Å². The highest BCUT2D eigenvalue weighted by Gasteiger charge is 2.40. The first-order valence-electron chi connectivity index (χ1n) is 10.6. The molecular weight excluding hydrogens is 405 g/mol. The van der Waals surface area contributed by atoms with Crippen LogP contribution in [0.4, 0.5) is 13.2 Å². The second-order valence-corrected chi connectivity index (χ2v) is 8.45. The minimum Gasteiger partial charge on any atom is -0.494 e. The maximum Gasteiger partial charge on any atom is 0.240 e. The number of amides is 1. The van der Waals surface area contributed by atoms with Crippen molar-refractivity contribution in [3.63, 3.8) is 0 Å². The Labute approximate surface area is 180 Å². The van der Waals surface area contributed by atoms with Gasteiger partial charge in [0.25, 0.3) is 0 Å². The number of aryl methyl sites for hydroxylation is 1. The van der Waals surface area contributed by atoms with Gasteiger partial charge in [-0.3, -0.25) is 9.69 Å². The van der Waals surface area contributed by atoms with Gasteiger partial charge in [0.2, 0.25) is 5.91 Å². The van der Waals surface area contributed by atoms with Gasteiger partial charge in [0.05, 0.1) is 13.2 Å². The van der Waals surface area contributed by atoms with E-state index in [0.29, 0.717) is 43.6 Å². The van der Waals surface area contributed by atoms with E-state index in [-0.39, 0.29) is 30.1 Å². The summed E-state index contributed by atoms with van der Waals surface area (Å²) in [6, 6.07) is 9.22. The predicted molar refractivity (Wildman–Crippen MR) is 112 cm³/mol. The summed E-state index contributed by atoms with van der Waals surface area (Å²) in [4.78, 5) is 16.6. The highest BCUT2D eigenvalue weighted by molar-refractivity contribution is 5.84. The fourth-order valence-corrected chi connectivity index (χ4v) is 4.67. The van der Waals surface area contributed by atoms with Gasteiger partial charge < -0.3 is 9.64 Å². The number of carbonyl (C=O) groups is 1. The number of alkyl halides is 1. The number of benzene rings is 2. The monoisotopic (exact) mass is 432 g/mol. The number of nitrogens with zero attached hydrogens (tertiary/aromatic N) is 2. The summed E-state index contributed by atoms with van der Waals surface area (Å²) in [5, 5.41) is 0. The molecule has 2 saturated heterocycles. The SMILES string of the molecule is COc1ccc([C@@H]2CCN(C3CCN(Cc4ccc(C)c(F)c4)C3=O)C[C@H]2F)cc1F. The van der Waals surface area contributed by atoms with Gasteiger partial charge in [-0.2, -0.15) is 0 Å². The largest absolute Gasteiger partial charge is 0.494 e. The molecule has 0 spiro atoms. The third-order valence-corrected chi connectivity index (χ3v) is 6.50. The van der Waals surface area contributed by atoms with Crippen LogP contribution in [-0.2, 0) is 11.3 Å². The third-order valence-electron chi connectivity index (χ3n) is 6.50. The Morgan fingerprint density at radius 2 is 1.87 bits per heavy atom. The Hall–Kier alpha value is -2.54. The van der Waals surface area contributed by atoms with Gasteiger partial charge >= 0.3 is 0 Å². The van der Waals surface area contributed by atoms with Crippen molar-refractivity contribution in [2.75, 3.05) is 26.7 Å². The summed E-state index contributed by atoms with van der Waals surface area (Å²) in [6.07, 6.45) is -0.0451. The lowest BCUT2D eigenvalue weighted by atomic mass is 9.87. The van der Waals surface area contributed by atoms with E-state index in [9.17, 15) is 13.6 Å². The first-order valence-corrected chi connectivity index (χ1v) is 10.6. The molecule has 31 heavy (non-hydrogen) atoms. The van der Waals surface area contributed by atoms with Gasteiger partial charge in [-0.25, -0.2) is 13.2 Å². The maximum atomic E-state index is 15.0. The molecule has 0 bridgehead atoms. The molecule has 0 saturated carbocycles. The molecule has 0 N–H and O–H groups in total. The van der Waals surface area contributed by atoms with Gasteiger partial charge in [-0.15, -0.1) is 0 Å². The standard InChI is InChI=1S/C24H27F3N2O2/c1-15-3-4-16(11-19(15)25)13-29-10-8-22(24(29)30)28-9-7-18(21(27)14-28)17-5-6-23(31-2)20(26)12-17/h3-6,11-12,18,21-22H,7-10,13-14H2,1-2H3/t18-,21+,22?/m0/s1. The molecule has 3 atom stereocenters. The summed E-state index contributed by atoms with van der Waals surface area (Å²) >= 11 is 0. The molecule has 2 aliphatic heterocycles. The molecule has 2 heterocycles. The number of carbonyl (C=O) groups excluding carboxylic acids is 1. The number of hydrogen-bond acceptors (Lipinski definition) is 3. The Morgan fingerprint density at radius 3 is 2.55 bits per heavy atom. The predicted octanol–water partition coefficient (Wildman–Crippen LogP) is 4.21. The number of methoxy groups -OCH3 is 1. The van der Waals surface area contributed by atoms with Crippen molar-refractivity contribution in [1.29, 1.82) is 0 Å². The molecule has 4 rings (SSSR count). The van der Waals surface area contributed by atoms with Gasteiger partial charge in [-0.1, -0.05) is 18.2 Å². The quantitative estimate of drug-likeness (QED) is 0.710. The summed E-state index contributed by atoms with van der Waals surface area (Å²) in [5.41, 5.74) is 1.94. The van der Waals surface area contributed by atoms with E-state index >= 15 is 4.39 Å². The maximum absolute atomic E-state index is 15.0. The van der Waals surface area contributed by atoms with Crippen molar-refractivity contribution in [2.45, 2.75) is 44.4 Å². The van der Waals surface area contributed by atoms with Crippen LogP contribution < -0.4 is 4.74 Å². The molecule has 4 nitrogen and oxygen atoms in total. The molecule has 1 amide bonds. The molecule has 2 aromatic rings. The van der Waals surface area contributed by atoms with Crippen molar-refractivity contribution >= 4 is 5.91 Å². The number of hydrogen-bond donors (Lipinski definition) is 0. The van der Waals surface area contributed by atoms with Gasteiger partial charge in [0, 0.05) is 25.6 Å². The average molecular weight is 432 g/mol. The summed E-state index contributed by atoms with van der Waals surface area (Å²) < 4.78 is 47.8. The molecule has 1 unspecified atom stereocenters. The summed E-state index contributed by atoms with van der Waals surface area (Å²) in [7, 11) is 1.39. The van der Waals surface area contributed by atoms with E-state index in [4.69, 9.17) is 4.74 Å². The molecule has 2 aliphatic rings. The second-order valence-electron chi connectivity index (χ2n) is 8.45. The van der Waals surface area contributed by atoms with Crippen molar-refractivity contribution in [3.8, 4) is 5.75 Å². The molecule has 2 aromatic carbocycles. The average Bonchev–Trinajstić information content (AvgIpc) is 3.10. The first kappa shape index (κ1) is 21.7. The van der Waals surface area contributed by atoms with E-state index in [1.54, 1.807) is 24.0 Å². The Kier molecular flexibility index (Phi) is 6.23. The second kappa shape index (κ2) is 8.91. The van der Waals surface area contributed by atoms with Crippen molar-refractivity contribution in [3.05, 3.63) is 64.7 Å². The zero-order chi connectivity index (χ0) is 22.1. The van der Waals surface area contributed by atoms with Crippen LogP contribution in [0.2, 0.25) is 0 Å². The molecule has 7 heteroatoms. The van der Waals surface area contributed by atoms with Gasteiger partial charge in [0.15, 0.2) is 11.6 Å². The first-order chi connectivity index (χ1) is 14.9. The number of halogens is 3. The number of likely N-dealkylation sites (tertiary alicyclic amines) is 2. The fourth-order valence-electron chi connectivity index (χ4n) is 4.67. The van der Waals surface area contributed by atoms with Crippen LogP contribution in [0, 0.1) is 18.6 Å². The third kappa shape index (κ3) is 4.42. The summed E-state index contributed by atoms with van der Waals surface area (Å²) in [5.74, 6) is -1.08. The molecule has 0 aromatic heterocycles. The lowest BCUT2D eigenvalue weighted by Crippen LogP contribution is -2.49. The smallest absolute Gasteiger partial charge is 0.240 e. The number of piperidine rings is 1. The van der Waals surface area contributed by atoms with E-state index in [0.717, 1.165) is 5.56 Å². The summed E-state index contributed by atoms with van der Waals surface area (Å²) in [6.45, 7) is 3.34. The van der Waals surface area contributed by atoms with Crippen LogP contribution in [0.3, 0.4) is 0 Å². The van der Waals surface area contributed by atoms with Crippen LogP contribution in [0.25, 0.3) is 0 Å². The lowest BCUT2D eigenvalue weighted by molar-refractivity contribution is -0.133. The Morgan fingerprint density at radius 1 is 1.06 bits per heavy atom. The molecule has 166 valence electrons.